The summed E-state index contributed by atoms with van der Waals surface area (Å²) in [5.74, 6) is 0. The molecule has 148 valence electrons. The average Bonchev–Trinajstić information content (AvgIpc) is 2.73. The Kier molecular flexibility index (Phi) is 6.63. The zero-order valence-corrected chi connectivity index (χ0v) is 19.4. The van der Waals surface area contributed by atoms with Crippen LogP contribution in [0.1, 0.15) is 62.3 Å². The van der Waals surface area contributed by atoms with E-state index in [1.165, 1.54) is 0 Å². The number of aliphatic hydroxyl groups excluding tert-OH is 1. The van der Waals surface area contributed by atoms with E-state index in [0.717, 1.165) is 0 Å². The average molecular weight is 391 g/mol. The van der Waals surface area contributed by atoms with Gasteiger partial charge in [0.05, 0.1) is 12.7 Å². The minimum absolute atomic E-state index is 0.220. The van der Waals surface area contributed by atoms with Crippen molar-refractivity contribution < 1.29 is 22.8 Å². The summed E-state index contributed by atoms with van der Waals surface area (Å²) < 4.78 is 26.4. The Bertz CT molecular complexity index is 439. The fraction of sp³-hybridized carbons (Fsp3) is 1.00. The van der Waals surface area contributed by atoms with Crippen molar-refractivity contribution in [3.05, 3.63) is 0 Å². The van der Waals surface area contributed by atoms with Crippen LogP contribution in [0.15, 0.2) is 0 Å². The Morgan fingerprint density at radius 2 is 1.32 bits per heavy atom. The first-order valence-electron chi connectivity index (χ1n) is 9.83. The molecule has 7 heteroatoms. The van der Waals surface area contributed by atoms with Crippen molar-refractivity contribution in [2.45, 2.75) is 109 Å². The van der Waals surface area contributed by atoms with E-state index in [0.29, 0.717) is 17.7 Å². The number of aliphatic hydroxyl groups is 1. The lowest BCUT2D eigenvalue weighted by Gasteiger charge is -2.51. The molecule has 0 aromatic rings. The Morgan fingerprint density at radius 3 is 1.76 bits per heavy atom. The number of rotatable bonds is 4. The molecule has 1 N–H and O–H groups in total. The lowest BCUT2D eigenvalue weighted by molar-refractivity contribution is -0.0362. The third kappa shape index (κ3) is 3.66. The topological polar surface area (TPSA) is 57.2 Å². The Labute approximate surface area is 155 Å². The molecule has 25 heavy (non-hydrogen) atoms. The molecule has 0 aromatic carbocycles. The molecule has 0 spiro atoms. The van der Waals surface area contributed by atoms with E-state index in [-0.39, 0.29) is 29.4 Å². The van der Waals surface area contributed by atoms with Crippen LogP contribution in [0.2, 0.25) is 22.2 Å². The van der Waals surface area contributed by atoms with Gasteiger partial charge in [-0.25, -0.2) is 0 Å². The third-order valence-corrected chi connectivity index (χ3v) is 16.2. The van der Waals surface area contributed by atoms with Gasteiger partial charge in [-0.2, -0.15) is 0 Å². The number of ether oxygens (including phenoxy) is 1. The molecule has 4 atom stereocenters. The summed E-state index contributed by atoms with van der Waals surface area (Å²) in [4.78, 5) is 0. The van der Waals surface area contributed by atoms with Gasteiger partial charge in [0, 0.05) is 0 Å². The van der Waals surface area contributed by atoms with Crippen LogP contribution in [-0.2, 0) is 17.7 Å². The highest BCUT2D eigenvalue weighted by atomic mass is 28.5. The van der Waals surface area contributed by atoms with E-state index in [9.17, 15) is 5.11 Å². The Morgan fingerprint density at radius 1 is 0.840 bits per heavy atom. The molecular formula is C18H38O5Si2. The maximum absolute atomic E-state index is 10.6. The van der Waals surface area contributed by atoms with Crippen LogP contribution >= 0.6 is 0 Å². The van der Waals surface area contributed by atoms with Crippen LogP contribution in [0.25, 0.3) is 0 Å². The van der Waals surface area contributed by atoms with Crippen molar-refractivity contribution in [2.75, 3.05) is 6.61 Å². The highest BCUT2D eigenvalue weighted by Gasteiger charge is 2.61. The number of fused-ring (bicyclic) bond motifs is 1. The van der Waals surface area contributed by atoms with Crippen LogP contribution in [0.5, 0.6) is 0 Å². The largest absolute Gasteiger partial charge is 0.414 e. The van der Waals surface area contributed by atoms with Crippen LogP contribution in [-0.4, -0.2) is 53.3 Å². The molecule has 2 saturated heterocycles. The molecule has 0 aliphatic carbocycles. The first kappa shape index (κ1) is 21.5. The highest BCUT2D eigenvalue weighted by molar-refractivity contribution is 6.83. The van der Waals surface area contributed by atoms with Gasteiger partial charge in [0.1, 0.15) is 18.3 Å². The molecule has 1 unspecified atom stereocenters. The molecule has 2 rings (SSSR count). The standard InChI is InChI=1S/C18H38O5Si2/c1-11(2)24(12(3)4)20-10-16-18(17(19)15(9)21-16)22-25(23-24,13(5)6)14(7)8/h11-19H,10H2,1-9H3/t15-,16-,17?,18-/m0/s1. The van der Waals surface area contributed by atoms with Crippen LogP contribution < -0.4 is 0 Å². The molecule has 0 saturated carbocycles. The molecule has 0 amide bonds. The predicted octanol–water partition coefficient (Wildman–Crippen LogP) is 4.09. The van der Waals surface area contributed by atoms with Gasteiger partial charge in [0.2, 0.25) is 0 Å². The zero-order chi connectivity index (χ0) is 19.2. The van der Waals surface area contributed by atoms with Gasteiger partial charge in [0.25, 0.3) is 0 Å². The monoisotopic (exact) mass is 390 g/mol. The van der Waals surface area contributed by atoms with Crippen LogP contribution in [0.3, 0.4) is 0 Å². The quantitative estimate of drug-likeness (QED) is 0.733. The Hall–Kier alpha value is 0.234. The summed E-state index contributed by atoms with van der Waals surface area (Å²) in [7, 11) is -5.15. The molecular weight excluding hydrogens is 352 g/mol. The number of hydrogen-bond acceptors (Lipinski definition) is 5. The summed E-state index contributed by atoms with van der Waals surface area (Å²) in [6.45, 7) is 19.9. The van der Waals surface area contributed by atoms with Crippen LogP contribution in [0, 0.1) is 0 Å². The molecule has 5 nitrogen and oxygen atoms in total. The molecule has 2 heterocycles. The SMILES string of the molecule is CC(C)[Si]1(C(C)C)OC[C@@H]2O[C@@H](C)C(O)[C@H]2O[Si](C(C)C)(C(C)C)O1. The predicted molar refractivity (Wildman–Crippen MR) is 104 cm³/mol. The van der Waals surface area contributed by atoms with E-state index >= 15 is 0 Å². The molecule has 0 bridgehead atoms. The second kappa shape index (κ2) is 7.69. The fourth-order valence-corrected chi connectivity index (χ4v) is 15.6. The van der Waals surface area contributed by atoms with E-state index in [4.69, 9.17) is 17.7 Å². The first-order valence-corrected chi connectivity index (χ1v) is 13.8. The van der Waals surface area contributed by atoms with Gasteiger partial charge >= 0.3 is 17.1 Å². The summed E-state index contributed by atoms with van der Waals surface area (Å²) in [5, 5.41) is 10.6. The molecule has 2 aliphatic rings. The molecule has 0 aromatic heterocycles. The smallest absolute Gasteiger partial charge is 0.335 e. The lowest BCUT2D eigenvalue weighted by Crippen LogP contribution is -2.65. The first-order chi connectivity index (χ1) is 11.5. The van der Waals surface area contributed by atoms with Crippen molar-refractivity contribution in [2.24, 2.45) is 0 Å². The normalized spacial score (nSPS) is 35.3. The zero-order valence-electron chi connectivity index (χ0n) is 17.4. The third-order valence-electron chi connectivity index (χ3n) is 5.90. The summed E-state index contributed by atoms with van der Waals surface area (Å²) >= 11 is 0. The second-order valence-electron chi connectivity index (χ2n) is 8.93. The second-order valence-corrected chi connectivity index (χ2v) is 17.8. The van der Waals surface area contributed by atoms with Crippen molar-refractivity contribution in [1.82, 2.24) is 0 Å². The fourth-order valence-electron chi connectivity index (χ4n) is 4.34. The maximum Gasteiger partial charge on any atom is 0.335 e. The summed E-state index contributed by atoms with van der Waals surface area (Å²) in [6.07, 6.45) is -1.45. The molecule has 2 fully saturated rings. The van der Waals surface area contributed by atoms with Crippen molar-refractivity contribution in [3.8, 4) is 0 Å². The van der Waals surface area contributed by atoms with E-state index in [1.807, 2.05) is 6.92 Å². The Balaban J connectivity index is 2.53. The van der Waals surface area contributed by atoms with Gasteiger partial charge in [-0.3, -0.25) is 0 Å². The lowest BCUT2D eigenvalue weighted by atomic mass is 10.1. The molecule has 2 aliphatic heterocycles. The summed E-state index contributed by atoms with van der Waals surface area (Å²) in [5.41, 5.74) is 1.17. The van der Waals surface area contributed by atoms with Gasteiger partial charge in [-0.05, 0) is 29.1 Å². The van der Waals surface area contributed by atoms with Gasteiger partial charge in [-0.1, -0.05) is 55.4 Å². The van der Waals surface area contributed by atoms with E-state index in [2.05, 4.69) is 55.4 Å². The maximum atomic E-state index is 10.6. The van der Waals surface area contributed by atoms with Crippen LogP contribution in [0.4, 0.5) is 0 Å². The summed E-state index contributed by atoms with van der Waals surface area (Å²) in [6, 6.07) is 0. The van der Waals surface area contributed by atoms with Crippen molar-refractivity contribution >= 4 is 17.1 Å². The van der Waals surface area contributed by atoms with E-state index in [1.54, 1.807) is 0 Å². The highest BCUT2D eigenvalue weighted by Crippen LogP contribution is 2.47. The van der Waals surface area contributed by atoms with Gasteiger partial charge in [0.15, 0.2) is 0 Å². The van der Waals surface area contributed by atoms with Gasteiger partial charge < -0.3 is 22.8 Å². The van der Waals surface area contributed by atoms with Gasteiger partial charge in [-0.15, -0.1) is 0 Å². The number of hydrogen-bond donors (Lipinski definition) is 1. The van der Waals surface area contributed by atoms with Crippen molar-refractivity contribution in [3.63, 3.8) is 0 Å². The van der Waals surface area contributed by atoms with E-state index < -0.39 is 23.2 Å². The minimum atomic E-state index is -2.64. The minimum Gasteiger partial charge on any atom is -0.414 e. The van der Waals surface area contributed by atoms with Crippen molar-refractivity contribution in [1.29, 1.82) is 0 Å². The molecule has 0 radical (unpaired) electrons.